The summed E-state index contributed by atoms with van der Waals surface area (Å²) < 4.78 is 5.28. The van der Waals surface area contributed by atoms with Crippen LogP contribution in [0, 0.1) is 6.92 Å². The van der Waals surface area contributed by atoms with Crippen LogP contribution in [0.3, 0.4) is 0 Å². The fourth-order valence-corrected chi connectivity index (χ4v) is 0.949. The second-order valence-corrected chi connectivity index (χ2v) is 2.85. The van der Waals surface area contributed by atoms with Crippen LogP contribution in [0.2, 0.25) is 0 Å². The van der Waals surface area contributed by atoms with E-state index in [0.717, 1.165) is 5.56 Å². The Hall–Kier alpha value is -1.44. The van der Waals surface area contributed by atoms with Crippen LogP contribution < -0.4 is 10.5 Å². The van der Waals surface area contributed by atoms with Crippen molar-refractivity contribution >= 4 is 5.69 Å². The largest absolute Gasteiger partial charge is 0.460 e. The molecule has 0 aliphatic heterocycles. The molecule has 0 aromatic heterocycles. The minimum Gasteiger partial charge on any atom is -0.460 e. The molecule has 1 aromatic carbocycles. The molecule has 0 bridgehead atoms. The maximum absolute atomic E-state index is 5.70. The molecule has 0 unspecified atom stereocenters. The number of hydrogen-bond acceptors (Lipinski definition) is 2. The molecule has 0 aliphatic rings. The molecule has 0 saturated heterocycles. The molecule has 0 atom stereocenters. The maximum Gasteiger partial charge on any atom is 0.149 e. The number of nitrogen functional groups attached to an aromatic ring is 1. The van der Waals surface area contributed by atoms with Gasteiger partial charge in [0.1, 0.15) is 5.75 Å². The van der Waals surface area contributed by atoms with Gasteiger partial charge in [-0.25, -0.2) is 0 Å². The summed E-state index contributed by atoms with van der Waals surface area (Å²) in [6, 6.07) is 5.67. The molecule has 0 spiro atoms. The molecule has 2 heteroatoms. The van der Waals surface area contributed by atoms with Crippen molar-refractivity contribution in [1.29, 1.82) is 0 Å². The second kappa shape index (κ2) is 3.30. The van der Waals surface area contributed by atoms with Crippen molar-refractivity contribution in [1.82, 2.24) is 0 Å². The number of nitrogens with two attached hydrogens (primary N) is 1. The number of rotatable bonds is 2. The monoisotopic (exact) mass is 163 g/mol. The quantitative estimate of drug-likeness (QED) is 0.537. The number of hydrogen-bond donors (Lipinski definition) is 1. The van der Waals surface area contributed by atoms with Crippen molar-refractivity contribution in [3.63, 3.8) is 0 Å². The van der Waals surface area contributed by atoms with Crippen LogP contribution in [-0.2, 0) is 0 Å². The van der Waals surface area contributed by atoms with E-state index in [1.54, 1.807) is 6.92 Å². The fraction of sp³-hybridized carbons (Fsp3) is 0.200. The van der Waals surface area contributed by atoms with Crippen LogP contribution in [0.15, 0.2) is 30.5 Å². The molecule has 0 amide bonds. The smallest absolute Gasteiger partial charge is 0.149 e. The van der Waals surface area contributed by atoms with Gasteiger partial charge in [-0.2, -0.15) is 0 Å². The number of aryl methyl sites for hydroxylation is 1. The molecular formula is C10H13NO. The Kier molecular flexibility index (Phi) is 2.38. The van der Waals surface area contributed by atoms with Gasteiger partial charge in [-0.1, -0.05) is 12.6 Å². The normalized spacial score (nSPS) is 9.50. The summed E-state index contributed by atoms with van der Waals surface area (Å²) in [5, 5.41) is 0. The minimum atomic E-state index is 0.644. The summed E-state index contributed by atoms with van der Waals surface area (Å²) in [5.41, 5.74) is 7.48. The van der Waals surface area contributed by atoms with Gasteiger partial charge in [-0.05, 0) is 31.5 Å². The first-order valence-electron chi connectivity index (χ1n) is 3.79. The summed E-state index contributed by atoms with van der Waals surface area (Å²) in [6.07, 6.45) is 0. The lowest BCUT2D eigenvalue weighted by Gasteiger charge is -2.07. The average molecular weight is 163 g/mol. The number of benzene rings is 1. The average Bonchev–Trinajstić information content (AvgIpc) is 1.94. The standard InChI is InChI=1S/C10H13NO/c1-7(2)12-10-5-4-8(3)6-9(10)11/h4-6H,1,11H2,2-3H3. The van der Waals surface area contributed by atoms with Crippen molar-refractivity contribution < 1.29 is 4.74 Å². The molecule has 12 heavy (non-hydrogen) atoms. The summed E-state index contributed by atoms with van der Waals surface area (Å²) in [5.74, 6) is 1.32. The van der Waals surface area contributed by atoms with Crippen LogP contribution in [0.25, 0.3) is 0 Å². The zero-order valence-corrected chi connectivity index (χ0v) is 7.42. The van der Waals surface area contributed by atoms with E-state index in [1.807, 2.05) is 25.1 Å². The summed E-state index contributed by atoms with van der Waals surface area (Å²) in [4.78, 5) is 0. The van der Waals surface area contributed by atoms with Gasteiger partial charge in [0.15, 0.2) is 0 Å². The van der Waals surface area contributed by atoms with Crippen LogP contribution in [0.5, 0.6) is 5.75 Å². The van der Waals surface area contributed by atoms with Crippen molar-refractivity contribution in [2.75, 3.05) is 5.73 Å². The Morgan fingerprint density at radius 2 is 2.17 bits per heavy atom. The van der Waals surface area contributed by atoms with Gasteiger partial charge in [-0.15, -0.1) is 0 Å². The molecule has 0 aliphatic carbocycles. The third kappa shape index (κ3) is 2.02. The summed E-state index contributed by atoms with van der Waals surface area (Å²) in [6.45, 7) is 7.41. The van der Waals surface area contributed by atoms with E-state index in [-0.39, 0.29) is 0 Å². The molecule has 2 nitrogen and oxygen atoms in total. The zero-order valence-electron chi connectivity index (χ0n) is 7.42. The molecule has 1 rings (SSSR count). The van der Waals surface area contributed by atoms with Crippen LogP contribution in [0.1, 0.15) is 12.5 Å². The third-order valence-electron chi connectivity index (χ3n) is 1.45. The van der Waals surface area contributed by atoms with E-state index >= 15 is 0 Å². The van der Waals surface area contributed by atoms with Crippen molar-refractivity contribution in [2.24, 2.45) is 0 Å². The lowest BCUT2D eigenvalue weighted by atomic mass is 10.2. The van der Waals surface area contributed by atoms with Gasteiger partial charge in [-0.3, -0.25) is 0 Å². The number of allylic oxidation sites excluding steroid dienone is 1. The second-order valence-electron chi connectivity index (χ2n) is 2.85. The van der Waals surface area contributed by atoms with Crippen molar-refractivity contribution in [3.05, 3.63) is 36.1 Å². The highest BCUT2D eigenvalue weighted by Crippen LogP contribution is 2.23. The number of ether oxygens (including phenoxy) is 1. The lowest BCUT2D eigenvalue weighted by molar-refractivity contribution is 0.432. The third-order valence-corrected chi connectivity index (χ3v) is 1.45. The zero-order chi connectivity index (χ0) is 9.14. The van der Waals surface area contributed by atoms with E-state index in [2.05, 4.69) is 6.58 Å². The van der Waals surface area contributed by atoms with E-state index in [1.165, 1.54) is 0 Å². The van der Waals surface area contributed by atoms with Crippen LogP contribution in [0.4, 0.5) is 5.69 Å². The Bertz CT molecular complexity index is 305. The summed E-state index contributed by atoms with van der Waals surface area (Å²) in [7, 11) is 0. The van der Waals surface area contributed by atoms with Gasteiger partial charge in [0.2, 0.25) is 0 Å². The highest BCUT2D eigenvalue weighted by molar-refractivity contribution is 5.54. The first-order chi connectivity index (χ1) is 5.59. The summed E-state index contributed by atoms with van der Waals surface area (Å²) >= 11 is 0. The Morgan fingerprint density at radius 3 is 2.67 bits per heavy atom. The highest BCUT2D eigenvalue weighted by atomic mass is 16.5. The van der Waals surface area contributed by atoms with E-state index in [4.69, 9.17) is 10.5 Å². The van der Waals surface area contributed by atoms with E-state index in [9.17, 15) is 0 Å². The van der Waals surface area contributed by atoms with Crippen LogP contribution >= 0.6 is 0 Å². The van der Waals surface area contributed by atoms with E-state index < -0.39 is 0 Å². The predicted octanol–water partition coefficient (Wildman–Crippen LogP) is 2.49. The predicted molar refractivity (Wildman–Crippen MR) is 51.0 cm³/mol. The molecule has 0 saturated carbocycles. The molecule has 0 heterocycles. The van der Waals surface area contributed by atoms with Gasteiger partial charge in [0.05, 0.1) is 11.4 Å². The van der Waals surface area contributed by atoms with Gasteiger partial charge < -0.3 is 10.5 Å². The Labute approximate surface area is 72.7 Å². The van der Waals surface area contributed by atoms with Gasteiger partial charge in [0.25, 0.3) is 0 Å². The first kappa shape index (κ1) is 8.65. The Balaban J connectivity index is 2.93. The minimum absolute atomic E-state index is 0.644. The molecule has 0 fully saturated rings. The number of anilines is 1. The molecular weight excluding hydrogens is 150 g/mol. The molecule has 2 N–H and O–H groups in total. The first-order valence-corrected chi connectivity index (χ1v) is 3.79. The SMILES string of the molecule is C=C(C)Oc1ccc(C)cc1N. The van der Waals surface area contributed by atoms with Gasteiger partial charge >= 0.3 is 0 Å². The highest BCUT2D eigenvalue weighted by Gasteiger charge is 1.99. The molecule has 0 radical (unpaired) electrons. The van der Waals surface area contributed by atoms with Crippen molar-refractivity contribution in [2.45, 2.75) is 13.8 Å². The molecule has 64 valence electrons. The van der Waals surface area contributed by atoms with Crippen LogP contribution in [-0.4, -0.2) is 0 Å². The van der Waals surface area contributed by atoms with Crippen molar-refractivity contribution in [3.8, 4) is 5.75 Å². The lowest BCUT2D eigenvalue weighted by Crippen LogP contribution is -1.94. The fourth-order valence-electron chi connectivity index (χ4n) is 0.949. The van der Waals surface area contributed by atoms with E-state index in [0.29, 0.717) is 17.2 Å². The molecule has 1 aromatic rings. The Morgan fingerprint density at radius 1 is 1.50 bits per heavy atom. The topological polar surface area (TPSA) is 35.2 Å². The maximum atomic E-state index is 5.70. The van der Waals surface area contributed by atoms with Gasteiger partial charge in [0, 0.05) is 0 Å².